The van der Waals surface area contributed by atoms with E-state index in [4.69, 9.17) is 23.2 Å². The first-order chi connectivity index (χ1) is 6.56. The summed E-state index contributed by atoms with van der Waals surface area (Å²) in [5.41, 5.74) is 1.52. The lowest BCUT2D eigenvalue weighted by atomic mass is 10.1. The molecule has 2 nitrogen and oxygen atoms in total. The molecule has 1 aromatic rings. The van der Waals surface area contributed by atoms with E-state index in [0.717, 1.165) is 5.56 Å². The van der Waals surface area contributed by atoms with Crippen LogP contribution < -0.4 is 0 Å². The summed E-state index contributed by atoms with van der Waals surface area (Å²) in [6, 6.07) is 3.53. The van der Waals surface area contributed by atoms with Crippen LogP contribution in [0.25, 0.3) is 0 Å². The van der Waals surface area contributed by atoms with Crippen molar-refractivity contribution in [2.45, 2.75) is 13.3 Å². The maximum Gasteiger partial charge on any atom is 0.310 e. The zero-order valence-electron chi connectivity index (χ0n) is 7.93. The van der Waals surface area contributed by atoms with E-state index in [0.29, 0.717) is 15.6 Å². The van der Waals surface area contributed by atoms with Crippen LogP contribution >= 0.6 is 23.2 Å². The fourth-order valence-electron chi connectivity index (χ4n) is 1.09. The third-order valence-electron chi connectivity index (χ3n) is 1.93. The van der Waals surface area contributed by atoms with Crippen molar-refractivity contribution in [1.29, 1.82) is 0 Å². The molecule has 0 radical (unpaired) electrons. The van der Waals surface area contributed by atoms with Gasteiger partial charge in [0, 0.05) is 15.6 Å². The van der Waals surface area contributed by atoms with Gasteiger partial charge in [0.1, 0.15) is 0 Å². The highest BCUT2D eigenvalue weighted by Crippen LogP contribution is 2.28. The molecule has 0 aliphatic carbocycles. The number of esters is 1. The van der Waals surface area contributed by atoms with Gasteiger partial charge in [-0.3, -0.25) is 4.79 Å². The van der Waals surface area contributed by atoms with Gasteiger partial charge in [-0.1, -0.05) is 29.3 Å². The van der Waals surface area contributed by atoms with E-state index in [1.807, 2.05) is 13.0 Å². The predicted octanol–water partition coefficient (Wildman–Crippen LogP) is 3.02. The SMILES string of the molecule is COC(=O)Cc1c(Cl)ccc(C)c1Cl. The summed E-state index contributed by atoms with van der Waals surface area (Å²) in [6.07, 6.45) is 0.107. The number of hydrogen-bond donors (Lipinski definition) is 0. The van der Waals surface area contributed by atoms with Crippen LogP contribution in [0.5, 0.6) is 0 Å². The van der Waals surface area contributed by atoms with E-state index in [2.05, 4.69) is 4.74 Å². The van der Waals surface area contributed by atoms with Crippen molar-refractivity contribution in [1.82, 2.24) is 0 Å². The minimum absolute atomic E-state index is 0.107. The van der Waals surface area contributed by atoms with Crippen LogP contribution in [0.4, 0.5) is 0 Å². The molecule has 0 heterocycles. The van der Waals surface area contributed by atoms with Crippen LogP contribution in [0, 0.1) is 6.92 Å². The number of halogens is 2. The first-order valence-electron chi connectivity index (χ1n) is 4.06. The van der Waals surface area contributed by atoms with Crippen LogP contribution in [0.15, 0.2) is 12.1 Å². The Hall–Kier alpha value is -0.730. The highest BCUT2D eigenvalue weighted by atomic mass is 35.5. The predicted molar refractivity (Wildman–Crippen MR) is 56.9 cm³/mol. The average Bonchev–Trinajstić information content (AvgIpc) is 2.18. The largest absolute Gasteiger partial charge is 0.469 e. The third-order valence-corrected chi connectivity index (χ3v) is 2.81. The molecule has 0 amide bonds. The van der Waals surface area contributed by atoms with Gasteiger partial charge in [0.25, 0.3) is 0 Å². The number of aryl methyl sites for hydroxylation is 1. The lowest BCUT2D eigenvalue weighted by Crippen LogP contribution is -2.05. The second-order valence-electron chi connectivity index (χ2n) is 2.91. The summed E-state index contributed by atoms with van der Waals surface area (Å²) in [5.74, 6) is -0.348. The van der Waals surface area contributed by atoms with Gasteiger partial charge in [-0.15, -0.1) is 0 Å². The molecular formula is C10H10Cl2O2. The number of carbonyl (C=O) groups is 1. The van der Waals surface area contributed by atoms with Gasteiger partial charge in [-0.05, 0) is 18.6 Å². The van der Waals surface area contributed by atoms with Gasteiger partial charge >= 0.3 is 5.97 Å². The van der Waals surface area contributed by atoms with Crippen LogP contribution in [-0.2, 0) is 16.0 Å². The molecule has 1 rings (SSSR count). The number of rotatable bonds is 2. The van der Waals surface area contributed by atoms with Gasteiger partial charge in [0.2, 0.25) is 0 Å². The number of hydrogen-bond acceptors (Lipinski definition) is 2. The van der Waals surface area contributed by atoms with E-state index in [1.165, 1.54) is 7.11 Å². The molecule has 4 heteroatoms. The van der Waals surface area contributed by atoms with E-state index in [-0.39, 0.29) is 12.4 Å². The van der Waals surface area contributed by atoms with Crippen LogP contribution in [-0.4, -0.2) is 13.1 Å². The molecule has 0 aliphatic rings. The number of carbonyl (C=O) groups excluding carboxylic acids is 1. The molecule has 76 valence electrons. The highest BCUT2D eigenvalue weighted by molar-refractivity contribution is 6.36. The van der Waals surface area contributed by atoms with Crippen molar-refractivity contribution in [2.75, 3.05) is 7.11 Å². The van der Waals surface area contributed by atoms with E-state index in [1.54, 1.807) is 6.07 Å². The molecule has 0 unspecified atom stereocenters. The highest BCUT2D eigenvalue weighted by Gasteiger charge is 2.12. The lowest BCUT2D eigenvalue weighted by Gasteiger charge is -2.07. The number of ether oxygens (including phenoxy) is 1. The first-order valence-corrected chi connectivity index (χ1v) is 4.82. The van der Waals surface area contributed by atoms with Gasteiger partial charge in [0.05, 0.1) is 13.5 Å². The standard InChI is InChI=1S/C10H10Cl2O2/c1-6-3-4-8(11)7(10(6)12)5-9(13)14-2/h3-4H,5H2,1-2H3. The zero-order valence-corrected chi connectivity index (χ0v) is 9.45. The van der Waals surface area contributed by atoms with E-state index < -0.39 is 0 Å². The minimum atomic E-state index is -0.348. The van der Waals surface area contributed by atoms with Gasteiger partial charge in [0.15, 0.2) is 0 Å². The summed E-state index contributed by atoms with van der Waals surface area (Å²) < 4.78 is 4.55. The molecular weight excluding hydrogens is 223 g/mol. The monoisotopic (exact) mass is 232 g/mol. The molecule has 0 N–H and O–H groups in total. The Morgan fingerprint density at radius 2 is 2.07 bits per heavy atom. The Bertz CT molecular complexity index is 361. The van der Waals surface area contributed by atoms with Crippen molar-refractivity contribution in [3.8, 4) is 0 Å². The Morgan fingerprint density at radius 3 is 2.64 bits per heavy atom. The topological polar surface area (TPSA) is 26.3 Å². The van der Waals surface area contributed by atoms with Crippen molar-refractivity contribution in [3.63, 3.8) is 0 Å². The maximum absolute atomic E-state index is 11.1. The fraction of sp³-hybridized carbons (Fsp3) is 0.300. The molecule has 0 atom stereocenters. The van der Waals surface area contributed by atoms with Crippen molar-refractivity contribution < 1.29 is 9.53 Å². The third kappa shape index (κ3) is 2.40. The molecule has 0 aliphatic heterocycles. The Labute approximate surface area is 92.8 Å². The number of benzene rings is 1. The molecule has 1 aromatic carbocycles. The molecule has 0 saturated heterocycles. The van der Waals surface area contributed by atoms with Crippen LogP contribution in [0.3, 0.4) is 0 Å². The van der Waals surface area contributed by atoms with E-state index in [9.17, 15) is 4.79 Å². The van der Waals surface area contributed by atoms with Crippen molar-refractivity contribution in [2.24, 2.45) is 0 Å². The van der Waals surface area contributed by atoms with Crippen molar-refractivity contribution >= 4 is 29.2 Å². The van der Waals surface area contributed by atoms with Gasteiger partial charge < -0.3 is 4.74 Å². The summed E-state index contributed by atoms with van der Waals surface area (Å²) in [4.78, 5) is 11.1. The van der Waals surface area contributed by atoms with Crippen molar-refractivity contribution in [3.05, 3.63) is 33.3 Å². The molecule has 0 bridgehead atoms. The fourth-order valence-corrected chi connectivity index (χ4v) is 1.60. The average molecular weight is 233 g/mol. The summed E-state index contributed by atoms with van der Waals surface area (Å²) >= 11 is 11.9. The summed E-state index contributed by atoms with van der Waals surface area (Å²) in [5, 5.41) is 1.02. The quantitative estimate of drug-likeness (QED) is 0.734. The Morgan fingerprint density at radius 1 is 1.43 bits per heavy atom. The van der Waals surface area contributed by atoms with Gasteiger partial charge in [-0.2, -0.15) is 0 Å². The Balaban J connectivity index is 3.06. The molecule has 0 spiro atoms. The summed E-state index contributed by atoms with van der Waals surface area (Å²) in [6.45, 7) is 1.86. The Kier molecular flexibility index (Phi) is 3.78. The van der Waals surface area contributed by atoms with Crippen LogP contribution in [0.1, 0.15) is 11.1 Å². The molecule has 0 saturated carbocycles. The number of methoxy groups -OCH3 is 1. The minimum Gasteiger partial charge on any atom is -0.469 e. The lowest BCUT2D eigenvalue weighted by molar-refractivity contribution is -0.139. The smallest absolute Gasteiger partial charge is 0.310 e. The summed E-state index contributed by atoms with van der Waals surface area (Å²) in [7, 11) is 1.33. The first kappa shape index (κ1) is 11.3. The van der Waals surface area contributed by atoms with Gasteiger partial charge in [-0.25, -0.2) is 0 Å². The molecule has 0 aromatic heterocycles. The maximum atomic E-state index is 11.1. The van der Waals surface area contributed by atoms with Crippen LogP contribution in [0.2, 0.25) is 10.0 Å². The molecule has 14 heavy (non-hydrogen) atoms. The normalized spacial score (nSPS) is 10.0. The molecule has 0 fully saturated rings. The second-order valence-corrected chi connectivity index (χ2v) is 3.69. The second kappa shape index (κ2) is 4.67. The van der Waals surface area contributed by atoms with E-state index >= 15 is 0 Å². The zero-order chi connectivity index (χ0) is 10.7.